The summed E-state index contributed by atoms with van der Waals surface area (Å²) < 4.78 is 15.8. The van der Waals surface area contributed by atoms with Crippen molar-refractivity contribution in [3.05, 3.63) is 29.3 Å². The van der Waals surface area contributed by atoms with Crippen molar-refractivity contribution in [3.8, 4) is 5.75 Å². The van der Waals surface area contributed by atoms with Crippen LogP contribution in [-0.2, 0) is 15.9 Å². The molecule has 0 unspecified atom stereocenters. The number of rotatable bonds is 12. The number of aryl methyl sites for hydroxylation is 1. The molecule has 0 saturated carbocycles. The Morgan fingerprint density at radius 2 is 1.92 bits per heavy atom. The number of methoxy groups -OCH3 is 2. The van der Waals surface area contributed by atoms with Crippen molar-refractivity contribution in [2.75, 3.05) is 53.7 Å². The van der Waals surface area contributed by atoms with Gasteiger partial charge in [0, 0.05) is 33.4 Å². The Bertz CT molecular complexity index is 513. The van der Waals surface area contributed by atoms with Crippen molar-refractivity contribution in [2.24, 2.45) is 4.99 Å². The number of aliphatic imine (C=N–C) groups is 1. The Balaban J connectivity index is 0.00000625. The second-order valence-electron chi connectivity index (χ2n) is 5.71. The lowest BCUT2D eigenvalue weighted by atomic mass is 10.1. The minimum absolute atomic E-state index is 0. The van der Waals surface area contributed by atoms with Crippen LogP contribution >= 0.6 is 24.0 Å². The van der Waals surface area contributed by atoms with E-state index in [1.54, 1.807) is 14.2 Å². The fourth-order valence-corrected chi connectivity index (χ4v) is 2.36. The van der Waals surface area contributed by atoms with Gasteiger partial charge in [-0.25, -0.2) is 0 Å². The number of hydrogen-bond acceptors (Lipinski definition) is 4. The first-order valence-electron chi connectivity index (χ1n) is 8.93. The maximum Gasteiger partial charge on any atom is 0.191 e. The van der Waals surface area contributed by atoms with Gasteiger partial charge in [-0.2, -0.15) is 0 Å². The van der Waals surface area contributed by atoms with Gasteiger partial charge in [0.05, 0.1) is 20.3 Å². The zero-order chi connectivity index (χ0) is 18.3. The third-order valence-electron chi connectivity index (χ3n) is 3.62. The van der Waals surface area contributed by atoms with E-state index in [0.717, 1.165) is 44.2 Å². The van der Waals surface area contributed by atoms with Crippen LogP contribution in [0.3, 0.4) is 0 Å². The van der Waals surface area contributed by atoms with Gasteiger partial charge in [-0.1, -0.05) is 17.7 Å². The third-order valence-corrected chi connectivity index (χ3v) is 3.62. The number of halogens is 1. The van der Waals surface area contributed by atoms with Crippen LogP contribution in [0.15, 0.2) is 23.2 Å². The first-order chi connectivity index (χ1) is 12.2. The molecule has 150 valence electrons. The Morgan fingerprint density at radius 1 is 1.12 bits per heavy atom. The van der Waals surface area contributed by atoms with E-state index in [0.29, 0.717) is 19.8 Å². The van der Waals surface area contributed by atoms with Crippen LogP contribution in [0.1, 0.15) is 24.5 Å². The predicted octanol–water partition coefficient (Wildman–Crippen LogP) is 2.77. The minimum Gasteiger partial charge on any atom is -0.496 e. The largest absolute Gasteiger partial charge is 0.496 e. The zero-order valence-electron chi connectivity index (χ0n) is 16.5. The number of nitrogens with zero attached hydrogens (tertiary/aromatic N) is 1. The van der Waals surface area contributed by atoms with Crippen molar-refractivity contribution >= 4 is 29.9 Å². The topological polar surface area (TPSA) is 64.1 Å². The number of ether oxygens (including phenoxy) is 3. The molecule has 2 N–H and O–H groups in total. The highest BCUT2D eigenvalue weighted by Crippen LogP contribution is 2.19. The number of hydrogen-bond donors (Lipinski definition) is 2. The van der Waals surface area contributed by atoms with E-state index in [1.165, 1.54) is 11.1 Å². The first-order valence-corrected chi connectivity index (χ1v) is 8.93. The van der Waals surface area contributed by atoms with Crippen LogP contribution in [0.2, 0.25) is 0 Å². The minimum atomic E-state index is 0. The highest BCUT2D eigenvalue weighted by atomic mass is 127. The van der Waals surface area contributed by atoms with Crippen molar-refractivity contribution in [1.29, 1.82) is 0 Å². The molecule has 0 aliphatic carbocycles. The first kappa shape index (κ1) is 24.9. The summed E-state index contributed by atoms with van der Waals surface area (Å²) >= 11 is 0. The second-order valence-corrected chi connectivity index (χ2v) is 5.71. The Labute approximate surface area is 175 Å². The van der Waals surface area contributed by atoms with Crippen LogP contribution in [-0.4, -0.2) is 59.6 Å². The molecule has 0 fully saturated rings. The summed E-state index contributed by atoms with van der Waals surface area (Å²) in [4.78, 5) is 4.57. The molecule has 6 nitrogen and oxygen atoms in total. The summed E-state index contributed by atoms with van der Waals surface area (Å²) in [5.74, 6) is 1.77. The maximum atomic E-state index is 5.44. The van der Waals surface area contributed by atoms with Crippen LogP contribution < -0.4 is 15.4 Å². The van der Waals surface area contributed by atoms with Crippen molar-refractivity contribution in [2.45, 2.75) is 26.7 Å². The van der Waals surface area contributed by atoms with Gasteiger partial charge in [-0.15, -0.1) is 24.0 Å². The summed E-state index contributed by atoms with van der Waals surface area (Å²) in [6.45, 7) is 8.50. The molecule has 1 rings (SSSR count). The van der Waals surface area contributed by atoms with Crippen LogP contribution in [0.4, 0.5) is 0 Å². The van der Waals surface area contributed by atoms with Crippen LogP contribution in [0.25, 0.3) is 0 Å². The molecule has 0 spiro atoms. The molecule has 0 aromatic heterocycles. The van der Waals surface area contributed by atoms with Crippen molar-refractivity contribution < 1.29 is 14.2 Å². The van der Waals surface area contributed by atoms with Gasteiger partial charge >= 0.3 is 0 Å². The Hall–Kier alpha value is -1.06. The van der Waals surface area contributed by atoms with E-state index in [4.69, 9.17) is 14.2 Å². The molecule has 0 atom stereocenters. The number of benzene rings is 1. The van der Waals surface area contributed by atoms with Gasteiger partial charge in [0.25, 0.3) is 0 Å². The summed E-state index contributed by atoms with van der Waals surface area (Å²) in [6, 6.07) is 6.26. The van der Waals surface area contributed by atoms with Gasteiger partial charge < -0.3 is 24.8 Å². The molecule has 0 radical (unpaired) electrons. The van der Waals surface area contributed by atoms with Gasteiger partial charge in [-0.3, -0.25) is 4.99 Å². The highest BCUT2D eigenvalue weighted by molar-refractivity contribution is 14.0. The molecule has 1 aromatic carbocycles. The molecule has 0 heterocycles. The molecule has 0 amide bonds. The average Bonchev–Trinajstić information content (AvgIpc) is 2.61. The Kier molecular flexibility index (Phi) is 15.5. The van der Waals surface area contributed by atoms with Gasteiger partial charge in [-0.05, 0) is 38.3 Å². The SMILES string of the molecule is CCNC(=NCCCOCCOC)NCCc1cc(C)ccc1OC.I. The average molecular weight is 479 g/mol. The molecule has 0 saturated heterocycles. The molecule has 0 aliphatic rings. The highest BCUT2D eigenvalue weighted by Gasteiger charge is 2.04. The van der Waals surface area contributed by atoms with Gasteiger partial charge in [0.15, 0.2) is 5.96 Å². The lowest BCUT2D eigenvalue weighted by molar-refractivity contribution is 0.0702. The van der Waals surface area contributed by atoms with Crippen molar-refractivity contribution in [3.63, 3.8) is 0 Å². The standard InChI is InChI=1S/C19H33N3O3.HI/c1-5-20-19(21-10-6-12-25-14-13-23-3)22-11-9-17-15-16(2)7-8-18(17)24-4;/h7-8,15H,5-6,9-14H2,1-4H3,(H2,20,21,22);1H. The summed E-state index contributed by atoms with van der Waals surface area (Å²) in [6.07, 6.45) is 1.78. The smallest absolute Gasteiger partial charge is 0.191 e. The van der Waals surface area contributed by atoms with E-state index in [2.05, 4.69) is 41.6 Å². The lowest BCUT2D eigenvalue weighted by Crippen LogP contribution is -2.38. The Morgan fingerprint density at radius 3 is 2.62 bits per heavy atom. The molecule has 0 aliphatic heterocycles. The van der Waals surface area contributed by atoms with Gasteiger partial charge in [0.1, 0.15) is 5.75 Å². The van der Waals surface area contributed by atoms with Crippen LogP contribution in [0, 0.1) is 6.92 Å². The third kappa shape index (κ3) is 10.8. The quantitative estimate of drug-likeness (QED) is 0.209. The molecule has 1 aromatic rings. The summed E-state index contributed by atoms with van der Waals surface area (Å²) in [5, 5.41) is 6.64. The number of nitrogens with one attached hydrogen (secondary N) is 2. The predicted molar refractivity (Wildman–Crippen MR) is 118 cm³/mol. The van der Waals surface area contributed by atoms with E-state index in [1.807, 2.05) is 6.07 Å². The van der Waals surface area contributed by atoms with Gasteiger partial charge in [0.2, 0.25) is 0 Å². The molecule has 0 bridgehead atoms. The zero-order valence-corrected chi connectivity index (χ0v) is 18.8. The van der Waals surface area contributed by atoms with E-state index >= 15 is 0 Å². The fourth-order valence-electron chi connectivity index (χ4n) is 2.36. The van der Waals surface area contributed by atoms with Crippen molar-refractivity contribution in [1.82, 2.24) is 10.6 Å². The molecular weight excluding hydrogens is 445 g/mol. The lowest BCUT2D eigenvalue weighted by Gasteiger charge is -2.13. The molecule has 7 heteroatoms. The molecule has 26 heavy (non-hydrogen) atoms. The van der Waals surface area contributed by atoms with E-state index in [-0.39, 0.29) is 24.0 Å². The maximum absolute atomic E-state index is 5.44. The summed E-state index contributed by atoms with van der Waals surface area (Å²) in [7, 11) is 3.39. The van der Waals surface area contributed by atoms with Crippen LogP contribution in [0.5, 0.6) is 5.75 Å². The number of guanidine groups is 1. The monoisotopic (exact) mass is 479 g/mol. The molecular formula is C19H34IN3O3. The fraction of sp³-hybridized carbons (Fsp3) is 0.632. The second kappa shape index (κ2) is 16.1. The van der Waals surface area contributed by atoms with E-state index in [9.17, 15) is 0 Å². The summed E-state index contributed by atoms with van der Waals surface area (Å²) in [5.41, 5.74) is 2.45. The van der Waals surface area contributed by atoms with E-state index < -0.39 is 0 Å². The normalized spacial score (nSPS) is 11.0.